The Labute approximate surface area is 462 Å². The second-order valence-electron chi connectivity index (χ2n) is 21.4. The third-order valence-corrected chi connectivity index (χ3v) is 16.4. The highest BCUT2D eigenvalue weighted by Crippen LogP contribution is 2.51. The molecule has 0 heterocycles. The highest BCUT2D eigenvalue weighted by Gasteiger charge is 2.36. The van der Waals surface area contributed by atoms with Gasteiger partial charge >= 0.3 is 0 Å². The van der Waals surface area contributed by atoms with Gasteiger partial charge in [0.2, 0.25) is 0 Å². The Kier molecular flexibility index (Phi) is 13.4. The van der Waals surface area contributed by atoms with Gasteiger partial charge in [-0.3, -0.25) is 0 Å². The molecule has 77 heavy (non-hydrogen) atoms. The van der Waals surface area contributed by atoms with E-state index in [2.05, 4.69) is 328 Å². The molecule has 0 spiro atoms. The zero-order valence-corrected chi connectivity index (χ0v) is 45.7. The lowest BCUT2D eigenvalue weighted by atomic mass is 9.81. The van der Waals surface area contributed by atoms with Crippen LogP contribution in [-0.2, 0) is 17.3 Å². The summed E-state index contributed by atoms with van der Waals surface area (Å²) in [7, 11) is 0. The minimum atomic E-state index is -0.0392. The number of nitrogens with zero attached hydrogens (tertiary/aromatic N) is 1. The molecule has 2 aliphatic rings. The van der Waals surface area contributed by atoms with Crippen molar-refractivity contribution in [1.29, 1.82) is 0 Å². The Morgan fingerprint density at radius 3 is 1.27 bits per heavy atom. The van der Waals surface area contributed by atoms with E-state index < -0.39 is 0 Å². The standard InChI is InChI=1S/C37H29N.C22H20.C16H11Br/c1-37(2)35-18-9-8-16-33(35)34-24-23-30(25-36(34)37)38(28-13-4-3-5-14-28)29-21-19-27(20-22-29)32-17-10-12-26-11-6-7-15-31(26)32;1-22(2)20-11-7-6-10-18(20)19-13-12-17(15-21(19)22)14-16-8-4-3-5-9-16;17-14-10-8-13(9-11-14)16-7-3-5-12-4-1-2-6-15(12)16/h3-25H,1-2H3;3-13,15H,14H2,1-2H3;1-11H. The van der Waals surface area contributed by atoms with Crippen LogP contribution in [0, 0.1) is 0 Å². The van der Waals surface area contributed by atoms with Gasteiger partial charge in [0.25, 0.3) is 0 Å². The number of anilines is 3. The van der Waals surface area contributed by atoms with Crippen LogP contribution in [0.1, 0.15) is 61.1 Å². The molecule has 0 aliphatic heterocycles. The first-order chi connectivity index (χ1) is 37.6. The van der Waals surface area contributed by atoms with Crippen molar-refractivity contribution in [2.45, 2.75) is 44.9 Å². The Morgan fingerprint density at radius 1 is 0.299 bits per heavy atom. The van der Waals surface area contributed by atoms with Crippen LogP contribution in [0.15, 0.2) is 284 Å². The van der Waals surface area contributed by atoms with Crippen LogP contribution in [-0.4, -0.2) is 0 Å². The number of hydrogen-bond donors (Lipinski definition) is 0. The fourth-order valence-electron chi connectivity index (χ4n) is 11.9. The van der Waals surface area contributed by atoms with Crippen LogP contribution in [0.4, 0.5) is 17.1 Å². The lowest BCUT2D eigenvalue weighted by Gasteiger charge is -2.28. The highest BCUT2D eigenvalue weighted by molar-refractivity contribution is 9.10. The number of hydrogen-bond acceptors (Lipinski definition) is 1. The van der Waals surface area contributed by atoms with Crippen LogP contribution >= 0.6 is 15.9 Å². The second kappa shape index (κ2) is 20.9. The summed E-state index contributed by atoms with van der Waals surface area (Å²) >= 11 is 3.47. The fourth-order valence-corrected chi connectivity index (χ4v) is 12.2. The maximum absolute atomic E-state index is 3.47. The lowest BCUT2D eigenvalue weighted by molar-refractivity contribution is 0.659. The number of benzene rings is 12. The van der Waals surface area contributed by atoms with E-state index in [4.69, 9.17) is 0 Å². The molecule has 0 aromatic heterocycles. The normalized spacial score (nSPS) is 13.0. The smallest absolute Gasteiger partial charge is 0.0465 e. The van der Waals surface area contributed by atoms with E-state index in [1.165, 1.54) is 105 Å². The first-order valence-electron chi connectivity index (χ1n) is 26.8. The molecule has 0 unspecified atom stereocenters. The van der Waals surface area contributed by atoms with Gasteiger partial charge in [-0.25, -0.2) is 0 Å². The Hall–Kier alpha value is -8.56. The third-order valence-electron chi connectivity index (χ3n) is 15.9. The number of para-hydroxylation sites is 1. The molecule has 2 aliphatic carbocycles. The molecule has 14 rings (SSSR count). The Bertz CT molecular complexity index is 4050. The first-order valence-corrected chi connectivity index (χ1v) is 27.6. The molecular weight excluding hydrogens is 995 g/mol. The van der Waals surface area contributed by atoms with Crippen LogP contribution in [0.5, 0.6) is 0 Å². The molecule has 372 valence electrons. The van der Waals surface area contributed by atoms with E-state index in [0.29, 0.717) is 0 Å². The monoisotopic (exact) mass is 1050 g/mol. The average Bonchev–Trinajstić information content (AvgIpc) is 3.87. The summed E-state index contributed by atoms with van der Waals surface area (Å²) in [5.41, 5.74) is 22.5. The predicted octanol–water partition coefficient (Wildman–Crippen LogP) is 21.1. The summed E-state index contributed by atoms with van der Waals surface area (Å²) in [5, 5.41) is 5.13. The summed E-state index contributed by atoms with van der Waals surface area (Å²) in [6, 6.07) is 100. The van der Waals surface area contributed by atoms with Crippen LogP contribution in [0.3, 0.4) is 0 Å². The topological polar surface area (TPSA) is 3.24 Å². The fraction of sp³-hybridized carbons (Fsp3) is 0.0933. The van der Waals surface area contributed by atoms with Gasteiger partial charge in [-0.05, 0) is 154 Å². The molecule has 0 saturated carbocycles. The number of fused-ring (bicyclic) bond motifs is 8. The Morgan fingerprint density at radius 2 is 0.701 bits per heavy atom. The van der Waals surface area contributed by atoms with Gasteiger partial charge in [0, 0.05) is 32.4 Å². The van der Waals surface area contributed by atoms with Crippen molar-refractivity contribution in [3.63, 3.8) is 0 Å². The Balaban J connectivity index is 0.000000129. The van der Waals surface area contributed by atoms with Gasteiger partial charge in [0.15, 0.2) is 0 Å². The molecule has 12 aromatic rings. The SMILES string of the molecule is Brc1ccc(-c2cccc3ccccc23)cc1.CC1(C)c2ccccc2-c2ccc(Cc3ccccc3)cc21.CC1(C)c2ccccc2-c2ccc(N(c3ccccc3)c3ccc(-c4cccc5ccccc45)cc3)cc21. The maximum atomic E-state index is 3.47. The van der Waals surface area contributed by atoms with E-state index in [9.17, 15) is 0 Å². The molecule has 0 atom stereocenters. The maximum Gasteiger partial charge on any atom is 0.0465 e. The zero-order valence-electron chi connectivity index (χ0n) is 44.1. The summed E-state index contributed by atoms with van der Waals surface area (Å²) < 4.78 is 1.11. The van der Waals surface area contributed by atoms with Crippen molar-refractivity contribution in [2.75, 3.05) is 4.90 Å². The van der Waals surface area contributed by atoms with Crippen LogP contribution in [0.25, 0.3) is 66.1 Å². The highest BCUT2D eigenvalue weighted by atomic mass is 79.9. The molecule has 1 nitrogen and oxygen atoms in total. The number of rotatable bonds is 7. The molecule has 0 bridgehead atoms. The molecule has 0 N–H and O–H groups in total. The molecule has 12 aromatic carbocycles. The van der Waals surface area contributed by atoms with E-state index in [-0.39, 0.29) is 10.8 Å². The van der Waals surface area contributed by atoms with Crippen molar-refractivity contribution in [2.24, 2.45) is 0 Å². The van der Waals surface area contributed by atoms with Crippen molar-refractivity contribution in [1.82, 2.24) is 0 Å². The van der Waals surface area contributed by atoms with Crippen LogP contribution in [0.2, 0.25) is 0 Å². The largest absolute Gasteiger partial charge is 0.310 e. The van der Waals surface area contributed by atoms with E-state index in [0.717, 1.165) is 22.3 Å². The van der Waals surface area contributed by atoms with Gasteiger partial charge in [-0.2, -0.15) is 0 Å². The average molecular weight is 1060 g/mol. The molecule has 0 radical (unpaired) electrons. The summed E-state index contributed by atoms with van der Waals surface area (Å²) in [6.45, 7) is 9.36. The van der Waals surface area contributed by atoms with Gasteiger partial charge in [-0.1, -0.05) is 274 Å². The third kappa shape index (κ3) is 9.60. The first kappa shape index (κ1) is 49.3. The van der Waals surface area contributed by atoms with Crippen molar-refractivity contribution >= 4 is 54.5 Å². The van der Waals surface area contributed by atoms with E-state index in [1.807, 2.05) is 0 Å². The summed E-state index contributed by atoms with van der Waals surface area (Å²) in [5.74, 6) is 0. The van der Waals surface area contributed by atoms with Gasteiger partial charge in [-0.15, -0.1) is 0 Å². The van der Waals surface area contributed by atoms with Crippen molar-refractivity contribution in [3.8, 4) is 44.5 Å². The van der Waals surface area contributed by atoms with Gasteiger partial charge < -0.3 is 4.90 Å². The second-order valence-corrected chi connectivity index (χ2v) is 22.3. The van der Waals surface area contributed by atoms with Gasteiger partial charge in [0.1, 0.15) is 0 Å². The molecule has 0 fully saturated rings. The van der Waals surface area contributed by atoms with Crippen LogP contribution < -0.4 is 4.90 Å². The van der Waals surface area contributed by atoms with E-state index >= 15 is 0 Å². The van der Waals surface area contributed by atoms with Crippen molar-refractivity contribution < 1.29 is 0 Å². The van der Waals surface area contributed by atoms with Gasteiger partial charge in [0.05, 0.1) is 0 Å². The summed E-state index contributed by atoms with van der Waals surface area (Å²) in [4.78, 5) is 2.37. The minimum Gasteiger partial charge on any atom is -0.310 e. The molecular formula is C75H60BrN. The molecule has 2 heteroatoms. The summed E-state index contributed by atoms with van der Waals surface area (Å²) in [6.07, 6.45) is 1.00. The van der Waals surface area contributed by atoms with Crippen molar-refractivity contribution in [3.05, 3.63) is 317 Å². The quantitative estimate of drug-likeness (QED) is 0.154. The molecule has 0 amide bonds. The zero-order chi connectivity index (χ0) is 52.5. The molecule has 0 saturated heterocycles. The number of halogens is 1. The minimum absolute atomic E-state index is 0.0392. The lowest BCUT2D eigenvalue weighted by Crippen LogP contribution is -2.16. The van der Waals surface area contributed by atoms with E-state index in [1.54, 1.807) is 0 Å². The predicted molar refractivity (Wildman–Crippen MR) is 332 cm³/mol.